The Balaban J connectivity index is 0.826. The number of fused-ring (bicyclic) bond motifs is 10. The highest BCUT2D eigenvalue weighted by Gasteiger charge is 2.58. The highest BCUT2D eigenvalue weighted by atomic mass is 32.1. The van der Waals surface area contributed by atoms with E-state index in [2.05, 4.69) is 267 Å². The highest BCUT2D eigenvalue weighted by molar-refractivity contribution is 7.22. The molecule has 0 amide bonds. The lowest BCUT2D eigenvalue weighted by atomic mass is 9.67. The Kier molecular flexibility index (Phi) is 10.4. The lowest BCUT2D eigenvalue weighted by molar-refractivity contribution is 0.622. The SMILES string of the molecule is c1ccc(CCC2Cc3ccc(-c4ccc(C5CC5(c5ccc(-c6ccccc6)cc5)c5ccc6c(c5)C(c5ccccc5)(c5ccccc5)c5ccccc5-6)cc4)cc3-c3sc4ccc5ccccc5c4c32)cc1. The molecule has 75 heavy (non-hydrogen) atoms. The zero-order valence-corrected chi connectivity index (χ0v) is 42.6. The first-order chi connectivity index (χ1) is 37.1. The van der Waals surface area contributed by atoms with Crippen molar-refractivity contribution in [1.29, 1.82) is 0 Å². The van der Waals surface area contributed by atoms with E-state index in [1.807, 2.05) is 11.3 Å². The summed E-state index contributed by atoms with van der Waals surface area (Å²) in [5.74, 6) is 0.769. The molecule has 3 aliphatic rings. The summed E-state index contributed by atoms with van der Waals surface area (Å²) in [4.78, 5) is 1.46. The molecular weight excluding hydrogens is 921 g/mol. The molecule has 3 aliphatic carbocycles. The molecule has 1 saturated carbocycles. The van der Waals surface area contributed by atoms with Crippen LogP contribution < -0.4 is 0 Å². The minimum absolute atomic E-state index is 0.204. The first-order valence-corrected chi connectivity index (χ1v) is 27.7. The molecule has 356 valence electrons. The summed E-state index contributed by atoms with van der Waals surface area (Å²) in [6.45, 7) is 0. The maximum atomic E-state index is 2.61. The molecule has 0 nitrogen and oxygen atoms in total. The van der Waals surface area contributed by atoms with Crippen LogP contribution >= 0.6 is 11.3 Å². The fraction of sp³-hybridized carbons (Fsp3) is 0.108. The first-order valence-electron chi connectivity index (χ1n) is 26.9. The van der Waals surface area contributed by atoms with Crippen molar-refractivity contribution in [2.75, 3.05) is 0 Å². The van der Waals surface area contributed by atoms with Gasteiger partial charge in [-0.05, 0) is 155 Å². The monoisotopic (exact) mass is 974 g/mol. The van der Waals surface area contributed by atoms with Crippen molar-refractivity contribution in [3.63, 3.8) is 0 Å². The van der Waals surface area contributed by atoms with E-state index in [9.17, 15) is 0 Å². The van der Waals surface area contributed by atoms with Crippen molar-refractivity contribution in [2.24, 2.45) is 0 Å². The van der Waals surface area contributed by atoms with Crippen LogP contribution in [0.5, 0.6) is 0 Å². The van der Waals surface area contributed by atoms with Gasteiger partial charge in [-0.3, -0.25) is 0 Å². The van der Waals surface area contributed by atoms with Crippen LogP contribution in [0, 0.1) is 0 Å². The molecule has 1 heterocycles. The molecule has 0 spiro atoms. The normalized spacial score (nSPS) is 17.8. The summed E-state index contributed by atoms with van der Waals surface area (Å²) < 4.78 is 1.40. The zero-order chi connectivity index (χ0) is 49.5. The van der Waals surface area contributed by atoms with E-state index in [1.54, 1.807) is 5.56 Å². The van der Waals surface area contributed by atoms with Gasteiger partial charge in [0.2, 0.25) is 0 Å². The standard InChI is InChI=1S/C74H54S/c1-5-17-49(18-6-1)29-30-57-45-56-36-35-55(46-65(56)72-70(57)71-62-26-14-13-21-53(62)39-44-69(71)75-72)52-31-33-54(34-32-52)68-48-73(68,58-40-37-51(38-41-58)50-19-7-2-8-20-50)61-42-43-64-63-27-15-16-28-66(63)74(67(64)47-61,59-22-9-3-10-23-59)60-24-11-4-12-25-60/h1-28,31-44,46-47,57,68H,29-30,45,48H2. The summed E-state index contributed by atoms with van der Waals surface area (Å²) in [7, 11) is 0. The first kappa shape index (κ1) is 44.2. The molecule has 12 aromatic rings. The van der Waals surface area contributed by atoms with Gasteiger partial charge in [0, 0.05) is 20.4 Å². The third-order valence-electron chi connectivity index (χ3n) is 17.6. The summed E-state index contributed by atoms with van der Waals surface area (Å²) in [5, 5.41) is 4.17. The lowest BCUT2D eigenvalue weighted by Gasteiger charge is -2.34. The fourth-order valence-electron chi connectivity index (χ4n) is 13.9. The second-order valence-electron chi connectivity index (χ2n) is 21.4. The topological polar surface area (TPSA) is 0 Å². The molecule has 1 fully saturated rings. The van der Waals surface area contributed by atoms with Gasteiger partial charge < -0.3 is 0 Å². The second kappa shape index (κ2) is 17.7. The molecule has 0 radical (unpaired) electrons. The van der Waals surface area contributed by atoms with Crippen molar-refractivity contribution in [3.05, 3.63) is 323 Å². The van der Waals surface area contributed by atoms with E-state index < -0.39 is 5.41 Å². The average molecular weight is 975 g/mol. The molecule has 15 rings (SSSR count). The average Bonchev–Trinajstić information content (AvgIpc) is 4.20. The quantitative estimate of drug-likeness (QED) is 0.128. The molecule has 11 aromatic carbocycles. The van der Waals surface area contributed by atoms with E-state index in [0.29, 0.717) is 11.8 Å². The molecule has 0 bridgehead atoms. The van der Waals surface area contributed by atoms with Crippen LogP contribution in [0.4, 0.5) is 0 Å². The van der Waals surface area contributed by atoms with Crippen LogP contribution in [0.25, 0.3) is 64.7 Å². The van der Waals surface area contributed by atoms with Crippen molar-refractivity contribution >= 4 is 32.2 Å². The highest BCUT2D eigenvalue weighted by Crippen LogP contribution is 2.66. The maximum absolute atomic E-state index is 2.61. The molecule has 0 N–H and O–H groups in total. The number of benzene rings is 11. The lowest BCUT2D eigenvalue weighted by Crippen LogP contribution is -2.29. The van der Waals surface area contributed by atoms with Gasteiger partial charge in [0.15, 0.2) is 0 Å². The van der Waals surface area contributed by atoms with Crippen molar-refractivity contribution in [3.8, 4) is 43.8 Å². The summed E-state index contributed by atoms with van der Waals surface area (Å²) >= 11 is 2.00. The van der Waals surface area contributed by atoms with Gasteiger partial charge in [-0.2, -0.15) is 0 Å². The van der Waals surface area contributed by atoms with Gasteiger partial charge in [-0.25, -0.2) is 0 Å². The van der Waals surface area contributed by atoms with E-state index in [1.165, 1.54) is 115 Å². The molecule has 0 saturated heterocycles. The van der Waals surface area contributed by atoms with Crippen molar-refractivity contribution < 1.29 is 0 Å². The van der Waals surface area contributed by atoms with Crippen LogP contribution in [-0.4, -0.2) is 0 Å². The van der Waals surface area contributed by atoms with Gasteiger partial charge in [-0.1, -0.05) is 255 Å². The Hall–Kier alpha value is -8.36. The van der Waals surface area contributed by atoms with Crippen LogP contribution in [0.15, 0.2) is 267 Å². The third-order valence-corrected chi connectivity index (χ3v) is 18.8. The zero-order valence-electron chi connectivity index (χ0n) is 41.8. The Labute approximate surface area is 444 Å². The Morgan fingerprint density at radius 3 is 1.79 bits per heavy atom. The smallest absolute Gasteiger partial charge is 0.0713 e. The van der Waals surface area contributed by atoms with E-state index in [4.69, 9.17) is 0 Å². The molecule has 3 atom stereocenters. The van der Waals surface area contributed by atoms with Crippen molar-refractivity contribution in [2.45, 2.75) is 48.3 Å². The molecule has 3 unspecified atom stereocenters. The van der Waals surface area contributed by atoms with Crippen LogP contribution in [0.1, 0.15) is 80.3 Å². The Morgan fingerprint density at radius 1 is 0.427 bits per heavy atom. The molecule has 0 aliphatic heterocycles. The molecular formula is C74H54S. The van der Waals surface area contributed by atoms with Gasteiger partial charge in [0.05, 0.1) is 5.41 Å². The number of thiophene rings is 1. The van der Waals surface area contributed by atoms with Gasteiger partial charge in [0.1, 0.15) is 0 Å². The summed E-state index contributed by atoms with van der Waals surface area (Å²) in [6.07, 6.45) is 4.32. The largest absolute Gasteiger partial charge is 0.135 e. The van der Waals surface area contributed by atoms with Crippen molar-refractivity contribution in [1.82, 2.24) is 0 Å². The van der Waals surface area contributed by atoms with E-state index in [0.717, 1.165) is 25.7 Å². The van der Waals surface area contributed by atoms with E-state index >= 15 is 0 Å². The van der Waals surface area contributed by atoms with Gasteiger partial charge in [-0.15, -0.1) is 11.3 Å². The summed E-state index contributed by atoms with van der Waals surface area (Å²) in [5.41, 5.74) is 22.3. The number of hydrogen-bond acceptors (Lipinski definition) is 1. The number of aryl methyl sites for hydroxylation is 1. The summed E-state index contributed by atoms with van der Waals surface area (Å²) in [6, 6.07) is 101. The van der Waals surface area contributed by atoms with Crippen LogP contribution in [0.3, 0.4) is 0 Å². The molecule has 1 aromatic heterocycles. The predicted octanol–water partition coefficient (Wildman–Crippen LogP) is 19.2. The number of hydrogen-bond donors (Lipinski definition) is 0. The fourth-order valence-corrected chi connectivity index (χ4v) is 15.3. The van der Waals surface area contributed by atoms with Crippen LogP contribution in [-0.2, 0) is 23.7 Å². The maximum Gasteiger partial charge on any atom is 0.0713 e. The van der Waals surface area contributed by atoms with Gasteiger partial charge >= 0.3 is 0 Å². The van der Waals surface area contributed by atoms with Crippen LogP contribution in [0.2, 0.25) is 0 Å². The molecule has 1 heteroatoms. The predicted molar refractivity (Wildman–Crippen MR) is 315 cm³/mol. The second-order valence-corrected chi connectivity index (χ2v) is 22.4. The Bertz CT molecular complexity index is 4060. The third kappa shape index (κ3) is 7.02. The van der Waals surface area contributed by atoms with Gasteiger partial charge in [0.25, 0.3) is 0 Å². The minimum Gasteiger partial charge on any atom is -0.135 e. The van der Waals surface area contributed by atoms with E-state index in [-0.39, 0.29) is 5.41 Å². The number of rotatable bonds is 10. The Morgan fingerprint density at radius 2 is 1.03 bits per heavy atom. The minimum atomic E-state index is -0.461.